The van der Waals surface area contributed by atoms with Crippen LogP contribution in [0.2, 0.25) is 0 Å². The highest BCUT2D eigenvalue weighted by Crippen LogP contribution is 2.16. The number of thioether (sulfide) groups is 1. The van der Waals surface area contributed by atoms with Crippen molar-refractivity contribution in [3.05, 3.63) is 18.5 Å². The summed E-state index contributed by atoms with van der Waals surface area (Å²) < 4.78 is 0. The second-order valence-corrected chi connectivity index (χ2v) is 4.41. The summed E-state index contributed by atoms with van der Waals surface area (Å²) in [5.74, 6) is -0.402. The molecule has 1 aromatic heterocycles. The first kappa shape index (κ1) is 11.9. The molecule has 1 atom stereocenters. The summed E-state index contributed by atoms with van der Waals surface area (Å²) in [5.41, 5.74) is 4.39. The maximum atomic E-state index is 10.7. The van der Waals surface area contributed by atoms with Crippen LogP contribution in [0.1, 0.15) is 13.3 Å². The molecule has 1 rings (SSSR count). The predicted molar refractivity (Wildman–Crippen MR) is 57.6 cm³/mol. The lowest BCUT2D eigenvalue weighted by Crippen LogP contribution is -2.45. The van der Waals surface area contributed by atoms with Crippen LogP contribution >= 0.6 is 11.8 Å². The molecule has 6 heteroatoms. The Kier molecular flexibility index (Phi) is 4.05. The number of hydrogen-bond acceptors (Lipinski definition) is 5. The number of hydrogen-bond donors (Lipinski definition) is 2. The maximum absolute atomic E-state index is 10.7. The van der Waals surface area contributed by atoms with Gasteiger partial charge in [0.2, 0.25) is 0 Å². The summed E-state index contributed by atoms with van der Waals surface area (Å²) in [4.78, 5) is 18.7. The molecule has 0 aromatic carbocycles. The normalized spacial score (nSPS) is 14.5. The van der Waals surface area contributed by atoms with Crippen LogP contribution in [0, 0.1) is 0 Å². The van der Waals surface area contributed by atoms with Gasteiger partial charge in [-0.2, -0.15) is 0 Å². The van der Waals surface area contributed by atoms with E-state index >= 15 is 0 Å². The zero-order chi connectivity index (χ0) is 11.3. The molecule has 0 amide bonds. The number of carbonyl (C=O) groups is 1. The van der Waals surface area contributed by atoms with Gasteiger partial charge in [0, 0.05) is 18.1 Å². The minimum atomic E-state index is -1.18. The van der Waals surface area contributed by atoms with E-state index in [-0.39, 0.29) is 0 Å². The number of rotatable bonds is 5. The standard InChI is InChI=1S/C9H13N3O2S/c1-9(10,7(13)14)3-6-15-8-11-4-2-5-12-8/h2,4-5H,3,6,10H2,1H3,(H,13,14). The number of carboxylic acid groups (broad SMARTS) is 1. The molecule has 5 nitrogen and oxygen atoms in total. The Bertz CT molecular complexity index is 329. The summed E-state index contributed by atoms with van der Waals surface area (Å²) >= 11 is 1.40. The molecule has 0 fully saturated rings. The highest BCUT2D eigenvalue weighted by Gasteiger charge is 2.27. The smallest absolute Gasteiger partial charge is 0.323 e. The van der Waals surface area contributed by atoms with E-state index in [1.807, 2.05) is 0 Å². The van der Waals surface area contributed by atoms with E-state index in [0.717, 1.165) is 0 Å². The van der Waals surface area contributed by atoms with Crippen LogP contribution in [0.4, 0.5) is 0 Å². The van der Waals surface area contributed by atoms with Gasteiger partial charge in [-0.15, -0.1) is 0 Å². The molecule has 0 aliphatic carbocycles. The van der Waals surface area contributed by atoms with Crippen molar-refractivity contribution in [2.75, 3.05) is 5.75 Å². The molecule has 1 unspecified atom stereocenters. The number of carboxylic acids is 1. The molecule has 0 aliphatic rings. The maximum Gasteiger partial charge on any atom is 0.323 e. The molecule has 1 aromatic rings. The first-order chi connectivity index (χ1) is 7.02. The summed E-state index contributed by atoms with van der Waals surface area (Å²) in [6.07, 6.45) is 3.67. The fourth-order valence-electron chi connectivity index (χ4n) is 0.821. The molecule has 1 heterocycles. The van der Waals surface area contributed by atoms with Crippen LogP contribution in [0.3, 0.4) is 0 Å². The molecular formula is C9H13N3O2S. The molecule has 15 heavy (non-hydrogen) atoms. The first-order valence-electron chi connectivity index (χ1n) is 4.44. The van der Waals surface area contributed by atoms with Crippen molar-refractivity contribution < 1.29 is 9.90 Å². The van der Waals surface area contributed by atoms with E-state index < -0.39 is 11.5 Å². The third-order valence-electron chi connectivity index (χ3n) is 1.88. The SMILES string of the molecule is CC(N)(CCSc1ncccn1)C(=O)O. The third kappa shape index (κ3) is 3.85. The number of aliphatic carboxylic acids is 1. The highest BCUT2D eigenvalue weighted by atomic mass is 32.2. The fourth-order valence-corrected chi connectivity index (χ4v) is 1.80. The summed E-state index contributed by atoms with van der Waals surface area (Å²) in [7, 11) is 0. The van der Waals surface area contributed by atoms with Crippen LogP contribution in [-0.4, -0.2) is 32.3 Å². The van der Waals surface area contributed by atoms with Gasteiger partial charge in [-0.1, -0.05) is 11.8 Å². The van der Waals surface area contributed by atoms with Gasteiger partial charge < -0.3 is 10.8 Å². The van der Waals surface area contributed by atoms with Crippen LogP contribution in [0.5, 0.6) is 0 Å². The van der Waals surface area contributed by atoms with Crippen LogP contribution < -0.4 is 5.73 Å². The monoisotopic (exact) mass is 227 g/mol. The average Bonchev–Trinajstić information content (AvgIpc) is 2.19. The van der Waals surface area contributed by atoms with E-state index in [0.29, 0.717) is 17.3 Å². The van der Waals surface area contributed by atoms with E-state index in [1.54, 1.807) is 18.5 Å². The largest absolute Gasteiger partial charge is 0.480 e. The van der Waals surface area contributed by atoms with Crippen molar-refractivity contribution in [2.24, 2.45) is 5.73 Å². The van der Waals surface area contributed by atoms with Crippen molar-refractivity contribution in [3.63, 3.8) is 0 Å². The zero-order valence-corrected chi connectivity index (χ0v) is 9.20. The average molecular weight is 227 g/mol. The molecule has 0 saturated heterocycles. The second-order valence-electron chi connectivity index (χ2n) is 3.35. The van der Waals surface area contributed by atoms with Gasteiger partial charge in [0.05, 0.1) is 0 Å². The van der Waals surface area contributed by atoms with Gasteiger partial charge in [-0.05, 0) is 19.4 Å². The van der Waals surface area contributed by atoms with Gasteiger partial charge in [0.25, 0.3) is 0 Å². The van der Waals surface area contributed by atoms with Gasteiger partial charge in [-0.25, -0.2) is 9.97 Å². The molecule has 3 N–H and O–H groups in total. The topological polar surface area (TPSA) is 89.1 Å². The van der Waals surface area contributed by atoms with Crippen molar-refractivity contribution in [1.82, 2.24) is 9.97 Å². The van der Waals surface area contributed by atoms with E-state index in [2.05, 4.69) is 9.97 Å². The molecule has 0 spiro atoms. The third-order valence-corrected chi connectivity index (χ3v) is 2.76. The van der Waals surface area contributed by atoms with Crippen molar-refractivity contribution in [1.29, 1.82) is 0 Å². The lowest BCUT2D eigenvalue weighted by molar-refractivity contribution is -0.142. The fraction of sp³-hybridized carbons (Fsp3) is 0.444. The number of nitrogens with zero attached hydrogens (tertiary/aromatic N) is 2. The van der Waals surface area contributed by atoms with Crippen molar-refractivity contribution in [3.8, 4) is 0 Å². The van der Waals surface area contributed by atoms with Gasteiger partial charge in [-0.3, -0.25) is 4.79 Å². The summed E-state index contributed by atoms with van der Waals surface area (Å²) in [6, 6.07) is 1.73. The molecule has 0 radical (unpaired) electrons. The Morgan fingerprint density at radius 2 is 2.20 bits per heavy atom. The minimum absolute atomic E-state index is 0.380. The van der Waals surface area contributed by atoms with Crippen LogP contribution in [0.15, 0.2) is 23.6 Å². The van der Waals surface area contributed by atoms with Crippen LogP contribution in [0.25, 0.3) is 0 Å². The van der Waals surface area contributed by atoms with Crippen molar-refractivity contribution in [2.45, 2.75) is 24.0 Å². The van der Waals surface area contributed by atoms with E-state index in [9.17, 15) is 4.79 Å². The molecule has 82 valence electrons. The highest BCUT2D eigenvalue weighted by molar-refractivity contribution is 7.99. The quantitative estimate of drug-likeness (QED) is 0.570. The number of aromatic nitrogens is 2. The lowest BCUT2D eigenvalue weighted by Gasteiger charge is -2.17. The molecule has 0 aliphatic heterocycles. The lowest BCUT2D eigenvalue weighted by atomic mass is 10.0. The minimum Gasteiger partial charge on any atom is -0.480 e. The molecule has 0 bridgehead atoms. The Labute approximate surface area is 92.1 Å². The Balaban J connectivity index is 2.37. The zero-order valence-electron chi connectivity index (χ0n) is 8.38. The van der Waals surface area contributed by atoms with Gasteiger partial charge in [0.1, 0.15) is 5.54 Å². The molecule has 0 saturated carbocycles. The Hall–Kier alpha value is -1.14. The second kappa shape index (κ2) is 5.09. The van der Waals surface area contributed by atoms with Crippen molar-refractivity contribution >= 4 is 17.7 Å². The number of nitrogens with two attached hydrogens (primary N) is 1. The van der Waals surface area contributed by atoms with Crippen LogP contribution in [-0.2, 0) is 4.79 Å². The first-order valence-corrected chi connectivity index (χ1v) is 5.43. The van der Waals surface area contributed by atoms with Gasteiger partial charge >= 0.3 is 5.97 Å². The summed E-state index contributed by atoms with van der Waals surface area (Å²) in [5, 5.41) is 9.41. The van der Waals surface area contributed by atoms with Gasteiger partial charge in [0.15, 0.2) is 5.16 Å². The Morgan fingerprint density at radius 3 is 2.73 bits per heavy atom. The van der Waals surface area contributed by atoms with E-state index in [4.69, 9.17) is 10.8 Å². The summed E-state index contributed by atoms with van der Waals surface area (Å²) in [6.45, 7) is 1.50. The van der Waals surface area contributed by atoms with E-state index in [1.165, 1.54) is 18.7 Å². The predicted octanol–water partition coefficient (Wildman–Crippen LogP) is 0.761. The molecular weight excluding hydrogens is 214 g/mol. The Morgan fingerprint density at radius 1 is 1.60 bits per heavy atom.